The van der Waals surface area contributed by atoms with Gasteiger partial charge in [-0.2, -0.15) is 8.42 Å². The van der Waals surface area contributed by atoms with E-state index in [-0.39, 0.29) is 4.90 Å². The van der Waals surface area contributed by atoms with Crippen LogP contribution in [0.5, 0.6) is 0 Å². The normalized spacial score (nSPS) is 11.8. The molecule has 1 aromatic heterocycles. The highest BCUT2D eigenvalue weighted by atomic mass is 32.2. The molecule has 0 radical (unpaired) electrons. The van der Waals surface area contributed by atoms with Crippen LogP contribution in [0.4, 0.5) is 0 Å². The van der Waals surface area contributed by atoms with E-state index in [1.165, 1.54) is 12.1 Å². The van der Waals surface area contributed by atoms with Crippen LogP contribution in [0.1, 0.15) is 5.56 Å². The molecule has 2 aromatic carbocycles. The average Bonchev–Trinajstić information content (AvgIpc) is 2.82. The lowest BCUT2D eigenvalue weighted by Gasteiger charge is -2.03. The van der Waals surface area contributed by atoms with Crippen molar-refractivity contribution in [1.82, 2.24) is 15.0 Å². The lowest BCUT2D eigenvalue weighted by atomic mass is 10.2. The van der Waals surface area contributed by atoms with Gasteiger partial charge in [-0.25, -0.2) is 4.68 Å². The third-order valence-corrected chi connectivity index (χ3v) is 3.84. The van der Waals surface area contributed by atoms with E-state index < -0.39 is 10.1 Å². The van der Waals surface area contributed by atoms with Crippen LogP contribution < -0.4 is 0 Å². The van der Waals surface area contributed by atoms with Gasteiger partial charge in [-0.3, -0.25) is 4.55 Å². The zero-order valence-electron chi connectivity index (χ0n) is 10.3. The Morgan fingerprint density at radius 2 is 1.75 bits per heavy atom. The summed E-state index contributed by atoms with van der Waals surface area (Å²) in [6.45, 7) is 0.478. The van der Waals surface area contributed by atoms with Crippen LogP contribution in [0, 0.1) is 0 Å². The van der Waals surface area contributed by atoms with Crippen molar-refractivity contribution in [3.8, 4) is 0 Å². The third kappa shape index (κ3) is 2.40. The number of rotatable bonds is 3. The van der Waals surface area contributed by atoms with E-state index in [0.29, 0.717) is 6.54 Å². The van der Waals surface area contributed by atoms with Crippen molar-refractivity contribution in [1.29, 1.82) is 0 Å². The number of para-hydroxylation sites is 1. The van der Waals surface area contributed by atoms with Gasteiger partial charge in [-0.1, -0.05) is 29.5 Å². The Kier molecular flexibility index (Phi) is 3.00. The molecule has 20 heavy (non-hydrogen) atoms. The maximum Gasteiger partial charge on any atom is 0.294 e. The average molecular weight is 289 g/mol. The van der Waals surface area contributed by atoms with Gasteiger partial charge < -0.3 is 0 Å². The van der Waals surface area contributed by atoms with Gasteiger partial charge in [0.2, 0.25) is 0 Å². The van der Waals surface area contributed by atoms with Gasteiger partial charge in [0.1, 0.15) is 5.52 Å². The van der Waals surface area contributed by atoms with E-state index in [4.69, 9.17) is 4.55 Å². The lowest BCUT2D eigenvalue weighted by molar-refractivity contribution is 0.483. The molecule has 7 heteroatoms. The van der Waals surface area contributed by atoms with Gasteiger partial charge in [-0.05, 0) is 29.8 Å². The molecule has 0 saturated heterocycles. The van der Waals surface area contributed by atoms with E-state index in [1.807, 2.05) is 24.3 Å². The Morgan fingerprint density at radius 1 is 1.05 bits per heavy atom. The zero-order chi connectivity index (χ0) is 14.2. The molecule has 102 valence electrons. The van der Waals surface area contributed by atoms with Crippen LogP contribution in [0.2, 0.25) is 0 Å². The quantitative estimate of drug-likeness (QED) is 0.742. The summed E-state index contributed by atoms with van der Waals surface area (Å²) in [5.74, 6) is 0. The summed E-state index contributed by atoms with van der Waals surface area (Å²) in [6, 6.07) is 13.6. The molecule has 6 nitrogen and oxygen atoms in total. The SMILES string of the molecule is O=S(=O)(O)c1ccc(Cn2nnc3ccccc32)cc1. The van der Waals surface area contributed by atoms with Crippen LogP contribution >= 0.6 is 0 Å². The highest BCUT2D eigenvalue weighted by Crippen LogP contribution is 2.14. The highest BCUT2D eigenvalue weighted by molar-refractivity contribution is 7.85. The first-order valence-corrected chi connectivity index (χ1v) is 7.33. The van der Waals surface area contributed by atoms with E-state index in [0.717, 1.165) is 16.6 Å². The lowest BCUT2D eigenvalue weighted by Crippen LogP contribution is -2.03. The fourth-order valence-electron chi connectivity index (χ4n) is 1.97. The molecule has 0 unspecified atom stereocenters. The summed E-state index contributed by atoms with van der Waals surface area (Å²) >= 11 is 0. The maximum absolute atomic E-state index is 11.0. The van der Waals surface area contributed by atoms with Crippen molar-refractivity contribution < 1.29 is 13.0 Å². The van der Waals surface area contributed by atoms with Crippen LogP contribution in [0.25, 0.3) is 11.0 Å². The monoisotopic (exact) mass is 289 g/mol. The summed E-state index contributed by atoms with van der Waals surface area (Å²) < 4.78 is 32.6. The summed E-state index contributed by atoms with van der Waals surface area (Å²) in [5, 5.41) is 8.11. The van der Waals surface area contributed by atoms with E-state index in [9.17, 15) is 8.42 Å². The zero-order valence-corrected chi connectivity index (χ0v) is 11.2. The van der Waals surface area contributed by atoms with Crippen LogP contribution in [0.3, 0.4) is 0 Å². The third-order valence-electron chi connectivity index (χ3n) is 2.97. The van der Waals surface area contributed by atoms with Crippen molar-refractivity contribution >= 4 is 21.2 Å². The standard InChI is InChI=1S/C13H11N3O3S/c17-20(18,19)11-7-5-10(6-8-11)9-16-13-4-2-1-3-12(13)14-15-16/h1-8H,9H2,(H,17,18,19). The second-order valence-electron chi connectivity index (χ2n) is 4.35. The molecular formula is C13H11N3O3S. The maximum atomic E-state index is 11.0. The Labute approximate surface area is 115 Å². The molecule has 3 aromatic rings. The molecule has 0 aliphatic carbocycles. The molecule has 0 saturated carbocycles. The Balaban J connectivity index is 1.92. The van der Waals surface area contributed by atoms with Gasteiger partial charge in [0.25, 0.3) is 10.1 Å². The fourth-order valence-corrected chi connectivity index (χ4v) is 2.45. The first-order valence-electron chi connectivity index (χ1n) is 5.89. The van der Waals surface area contributed by atoms with Crippen molar-refractivity contribution in [2.45, 2.75) is 11.4 Å². The number of fused-ring (bicyclic) bond motifs is 1. The Hall–Kier alpha value is -2.25. The number of aromatic nitrogens is 3. The predicted octanol–water partition coefficient (Wildman–Crippen LogP) is 1.73. The molecule has 0 bridgehead atoms. The first kappa shape index (κ1) is 12.8. The van der Waals surface area contributed by atoms with Crippen LogP contribution in [-0.4, -0.2) is 28.0 Å². The molecule has 3 rings (SSSR count). The summed E-state index contributed by atoms with van der Waals surface area (Å²) in [5.41, 5.74) is 2.58. The molecule has 1 N–H and O–H groups in total. The molecule has 0 aliphatic heterocycles. The Morgan fingerprint density at radius 3 is 2.45 bits per heavy atom. The fraction of sp³-hybridized carbons (Fsp3) is 0.0769. The second kappa shape index (κ2) is 4.69. The molecule has 1 heterocycles. The highest BCUT2D eigenvalue weighted by Gasteiger charge is 2.09. The molecule has 0 atom stereocenters. The number of hydrogen-bond acceptors (Lipinski definition) is 4. The van der Waals surface area contributed by atoms with Crippen molar-refractivity contribution in [2.75, 3.05) is 0 Å². The number of hydrogen-bond donors (Lipinski definition) is 1. The predicted molar refractivity (Wildman–Crippen MR) is 72.9 cm³/mol. The topological polar surface area (TPSA) is 85.1 Å². The Bertz CT molecular complexity index is 854. The van der Waals surface area contributed by atoms with Crippen LogP contribution in [-0.2, 0) is 16.7 Å². The van der Waals surface area contributed by atoms with Crippen LogP contribution in [0.15, 0.2) is 53.4 Å². The molecule has 0 amide bonds. The van der Waals surface area contributed by atoms with Gasteiger partial charge in [0, 0.05) is 0 Å². The first-order chi connectivity index (χ1) is 9.54. The summed E-state index contributed by atoms with van der Waals surface area (Å²) in [4.78, 5) is -0.121. The smallest absolute Gasteiger partial charge is 0.282 e. The molecule has 0 fully saturated rings. The minimum Gasteiger partial charge on any atom is -0.282 e. The van der Waals surface area contributed by atoms with Gasteiger partial charge in [0.15, 0.2) is 0 Å². The number of benzene rings is 2. The van der Waals surface area contributed by atoms with E-state index >= 15 is 0 Å². The van der Waals surface area contributed by atoms with E-state index in [2.05, 4.69) is 10.3 Å². The van der Waals surface area contributed by atoms with Gasteiger partial charge in [-0.15, -0.1) is 5.10 Å². The van der Waals surface area contributed by atoms with Crippen molar-refractivity contribution in [3.63, 3.8) is 0 Å². The van der Waals surface area contributed by atoms with Gasteiger partial charge >= 0.3 is 0 Å². The minimum atomic E-state index is -4.15. The summed E-state index contributed by atoms with van der Waals surface area (Å²) in [7, 11) is -4.15. The minimum absolute atomic E-state index is 0.121. The molecular weight excluding hydrogens is 278 g/mol. The molecule has 0 spiro atoms. The van der Waals surface area contributed by atoms with Gasteiger partial charge in [0.05, 0.1) is 17.0 Å². The second-order valence-corrected chi connectivity index (χ2v) is 5.78. The van der Waals surface area contributed by atoms with Crippen molar-refractivity contribution in [2.24, 2.45) is 0 Å². The van der Waals surface area contributed by atoms with E-state index in [1.54, 1.807) is 16.8 Å². The summed E-state index contributed by atoms with van der Waals surface area (Å²) in [6.07, 6.45) is 0. The molecule has 0 aliphatic rings. The largest absolute Gasteiger partial charge is 0.294 e. The van der Waals surface area contributed by atoms with Crippen molar-refractivity contribution in [3.05, 3.63) is 54.1 Å². The number of nitrogens with zero attached hydrogens (tertiary/aromatic N) is 3.